The molecule has 0 bridgehead atoms. The van der Waals surface area contributed by atoms with Crippen LogP contribution in [0.25, 0.3) is 0 Å². The van der Waals surface area contributed by atoms with Gasteiger partial charge in [0.1, 0.15) is 9.23 Å². The molecule has 0 aliphatic carbocycles. The Morgan fingerprint density at radius 1 is 1.22 bits per heavy atom. The fourth-order valence-electron chi connectivity index (χ4n) is 0.157. The Morgan fingerprint density at radius 3 is 1.78 bits per heavy atom. The first-order chi connectivity index (χ1) is 4.12. The van der Waals surface area contributed by atoms with Gasteiger partial charge >= 0.3 is 7.82 Å². The summed E-state index contributed by atoms with van der Waals surface area (Å²) in [5.41, 5.74) is 0. The monoisotopic (exact) mass is 377 g/mol. The van der Waals surface area contributed by atoms with Crippen LogP contribution in [0.2, 0.25) is 0 Å². The molecule has 0 N–H and O–H groups in total. The highest BCUT2D eigenvalue weighted by Gasteiger charge is 2.21. The first-order valence-corrected chi connectivity index (χ1v) is 6.35. The van der Waals surface area contributed by atoms with E-state index in [1.54, 1.807) is 45.2 Å². The van der Waals surface area contributed by atoms with Gasteiger partial charge in [0.25, 0.3) is 0 Å². The van der Waals surface area contributed by atoms with Crippen LogP contribution in [0.4, 0.5) is 0 Å². The van der Waals surface area contributed by atoms with E-state index in [9.17, 15) is 9.46 Å². The molecule has 7 heteroatoms. The van der Waals surface area contributed by atoms with Gasteiger partial charge < -0.3 is 0 Å². The van der Waals surface area contributed by atoms with Crippen LogP contribution < -0.4 is 0 Å². The van der Waals surface area contributed by atoms with E-state index < -0.39 is 7.82 Å². The van der Waals surface area contributed by atoms with Gasteiger partial charge in [-0.2, -0.15) is 0 Å². The zero-order chi connectivity index (χ0) is 7.33. The molecule has 4 nitrogen and oxygen atoms in total. The van der Waals surface area contributed by atoms with E-state index in [2.05, 4.69) is 9.05 Å². The molecule has 0 aromatic rings. The molecule has 0 unspecified atom stereocenters. The minimum Gasteiger partial charge on any atom is -0.275 e. The molecule has 0 amide bonds. The molecule has 55 valence electrons. The molecule has 0 aromatic carbocycles. The van der Waals surface area contributed by atoms with Crippen molar-refractivity contribution in [1.29, 1.82) is 0 Å². The summed E-state index contributed by atoms with van der Waals surface area (Å²) < 4.78 is 19.0. The summed E-state index contributed by atoms with van der Waals surface area (Å²) in [7, 11) is -3.96. The molecule has 0 heterocycles. The highest BCUT2D eigenvalue weighted by atomic mass is 127. The molecule has 0 aliphatic heterocycles. The highest BCUT2D eigenvalue weighted by molar-refractivity contribution is 14.1. The summed E-state index contributed by atoms with van der Waals surface area (Å²) in [6.45, 7) is 0. The van der Waals surface area contributed by atoms with Gasteiger partial charge in [-0.25, -0.2) is 4.57 Å². The maximum absolute atomic E-state index is 10.4. The number of alkyl halides is 2. The van der Waals surface area contributed by atoms with Crippen molar-refractivity contribution >= 4 is 53.0 Å². The Morgan fingerprint density at radius 2 is 1.56 bits per heavy atom. The van der Waals surface area contributed by atoms with Crippen molar-refractivity contribution in [2.45, 2.75) is 0 Å². The second kappa shape index (κ2) is 5.25. The summed E-state index contributed by atoms with van der Waals surface area (Å²) in [5, 5.41) is 0. The fourth-order valence-corrected chi connectivity index (χ4v) is 2.52. The van der Waals surface area contributed by atoms with Crippen molar-refractivity contribution in [2.24, 2.45) is 0 Å². The van der Waals surface area contributed by atoms with Crippen LogP contribution in [-0.4, -0.2) is 9.23 Å². The fraction of sp³-hybridized carbons (Fsp3) is 1.00. The molecular weight excluding hydrogens is 373 g/mol. The lowest BCUT2D eigenvalue weighted by atomic mass is 11.8. The van der Waals surface area contributed by atoms with Crippen molar-refractivity contribution in [1.82, 2.24) is 0 Å². The van der Waals surface area contributed by atoms with Crippen molar-refractivity contribution < 1.29 is 18.5 Å². The van der Waals surface area contributed by atoms with Crippen LogP contribution in [0, 0.1) is 0 Å². The zero-order valence-electron chi connectivity index (χ0n) is 4.25. The van der Waals surface area contributed by atoms with Crippen LogP contribution >= 0.6 is 53.0 Å². The van der Waals surface area contributed by atoms with E-state index in [0.717, 1.165) is 0 Å². The van der Waals surface area contributed by atoms with E-state index in [1.165, 1.54) is 0 Å². The molecule has 9 heavy (non-hydrogen) atoms. The standard InChI is InChI=1S/C2H4I2O4P/c3-1-7-9(5,6)8-2-4/h1-2H2. The summed E-state index contributed by atoms with van der Waals surface area (Å²) in [5.74, 6) is 0. The molecule has 0 fully saturated rings. The summed E-state index contributed by atoms with van der Waals surface area (Å²) in [6.07, 6.45) is 0. The second-order valence-corrected chi connectivity index (χ2v) is 3.58. The Bertz CT molecular complexity index is 107. The van der Waals surface area contributed by atoms with Crippen LogP contribution in [0.5, 0.6) is 0 Å². The van der Waals surface area contributed by atoms with Crippen LogP contribution in [0.15, 0.2) is 0 Å². The van der Waals surface area contributed by atoms with Crippen LogP contribution in [0.1, 0.15) is 0 Å². The SMILES string of the molecule is [O]P(=O)(OCI)OCI. The van der Waals surface area contributed by atoms with Gasteiger partial charge in [0, 0.05) is 0 Å². The Labute approximate surface area is 80.2 Å². The molecule has 0 aliphatic rings. The average molecular weight is 377 g/mol. The summed E-state index contributed by atoms with van der Waals surface area (Å²) >= 11 is 3.55. The molecular formula is C2H4I2O4P. The van der Waals surface area contributed by atoms with Gasteiger partial charge in [0.15, 0.2) is 0 Å². The highest BCUT2D eigenvalue weighted by Crippen LogP contribution is 2.44. The van der Waals surface area contributed by atoms with E-state index >= 15 is 0 Å². The molecule has 0 spiro atoms. The third kappa shape index (κ3) is 5.99. The van der Waals surface area contributed by atoms with Crippen molar-refractivity contribution in [3.8, 4) is 0 Å². The van der Waals surface area contributed by atoms with E-state index in [1.807, 2.05) is 0 Å². The molecule has 0 saturated heterocycles. The quantitative estimate of drug-likeness (QED) is 0.430. The Balaban J connectivity index is 3.58. The number of hydrogen-bond acceptors (Lipinski definition) is 3. The van der Waals surface area contributed by atoms with Crippen molar-refractivity contribution in [3.05, 3.63) is 0 Å². The minimum atomic E-state index is -3.96. The van der Waals surface area contributed by atoms with Gasteiger partial charge in [-0.15, -0.1) is 4.89 Å². The van der Waals surface area contributed by atoms with Gasteiger partial charge in [-0.1, -0.05) is 45.2 Å². The minimum absolute atomic E-state index is 0.0924. The predicted octanol–water partition coefficient (Wildman–Crippen LogP) is 2.34. The molecule has 1 radical (unpaired) electrons. The van der Waals surface area contributed by atoms with E-state index in [4.69, 9.17) is 0 Å². The second-order valence-electron chi connectivity index (χ2n) is 0.924. The van der Waals surface area contributed by atoms with Crippen LogP contribution in [-0.2, 0) is 18.5 Å². The maximum Gasteiger partial charge on any atom is 0.504 e. The number of hydrogen-bond donors (Lipinski definition) is 0. The van der Waals surface area contributed by atoms with E-state index in [0.29, 0.717) is 0 Å². The lowest BCUT2D eigenvalue weighted by molar-refractivity contribution is 0.170. The third-order valence-corrected chi connectivity index (χ3v) is 2.91. The smallest absolute Gasteiger partial charge is 0.275 e. The molecule has 0 saturated carbocycles. The first kappa shape index (κ1) is 10.6. The number of rotatable bonds is 4. The predicted molar refractivity (Wildman–Crippen MR) is 48.2 cm³/mol. The van der Waals surface area contributed by atoms with Gasteiger partial charge in [-0.05, 0) is 0 Å². The third-order valence-electron chi connectivity index (χ3n) is 0.414. The topological polar surface area (TPSA) is 55.4 Å². The Hall–Kier alpha value is 1.57. The van der Waals surface area contributed by atoms with Crippen LogP contribution in [0.3, 0.4) is 0 Å². The normalized spacial score (nSPS) is 11.9. The summed E-state index contributed by atoms with van der Waals surface area (Å²) in [4.78, 5) is 10.4. The van der Waals surface area contributed by atoms with Crippen molar-refractivity contribution in [2.75, 3.05) is 9.23 Å². The van der Waals surface area contributed by atoms with Gasteiger partial charge in [0.05, 0.1) is 0 Å². The lowest BCUT2D eigenvalue weighted by Gasteiger charge is -2.03. The molecule has 0 atom stereocenters. The largest absolute Gasteiger partial charge is 0.504 e. The van der Waals surface area contributed by atoms with Gasteiger partial charge in [0.2, 0.25) is 0 Å². The lowest BCUT2D eigenvalue weighted by Crippen LogP contribution is -1.88. The van der Waals surface area contributed by atoms with Crippen molar-refractivity contribution in [3.63, 3.8) is 0 Å². The molecule has 0 aromatic heterocycles. The zero-order valence-corrected chi connectivity index (χ0v) is 9.46. The maximum atomic E-state index is 10.4. The molecule has 0 rings (SSSR count). The summed E-state index contributed by atoms with van der Waals surface area (Å²) in [6, 6.07) is 0. The Kier molecular flexibility index (Phi) is 6.17. The average Bonchev–Trinajstić information content (AvgIpc) is 1.64. The van der Waals surface area contributed by atoms with E-state index in [-0.39, 0.29) is 9.23 Å². The van der Waals surface area contributed by atoms with Gasteiger partial charge in [-0.3, -0.25) is 9.05 Å². The number of halogens is 2. The first-order valence-electron chi connectivity index (χ1n) is 1.84.